The molecular weight excluding hydrogens is 389 g/mol. The Morgan fingerprint density at radius 2 is 2.00 bits per heavy atom. The van der Waals surface area contributed by atoms with Crippen LogP contribution < -0.4 is 4.90 Å². The average Bonchev–Trinajstić information content (AvgIpc) is 3.36. The molecule has 0 amide bonds. The molecule has 1 aliphatic heterocycles. The molecule has 0 atom stereocenters. The van der Waals surface area contributed by atoms with E-state index in [4.69, 9.17) is 9.26 Å². The molecule has 0 bridgehead atoms. The van der Waals surface area contributed by atoms with Gasteiger partial charge in [-0.05, 0) is 12.1 Å². The highest BCUT2D eigenvalue weighted by Gasteiger charge is 2.23. The lowest BCUT2D eigenvalue weighted by Crippen LogP contribution is -2.46. The van der Waals surface area contributed by atoms with Crippen LogP contribution in [0.4, 0.5) is 10.2 Å². The van der Waals surface area contributed by atoms with E-state index >= 15 is 0 Å². The Hall–Kier alpha value is -3.11. The van der Waals surface area contributed by atoms with Gasteiger partial charge in [-0.15, -0.1) is 0 Å². The minimum absolute atomic E-state index is 0.320. The number of methoxy groups -OCH3 is 1. The van der Waals surface area contributed by atoms with Gasteiger partial charge in [-0.25, -0.2) is 19.3 Å². The van der Waals surface area contributed by atoms with Crippen LogP contribution in [-0.4, -0.2) is 69.5 Å². The number of imidazole rings is 1. The van der Waals surface area contributed by atoms with Gasteiger partial charge in [0.05, 0.1) is 12.9 Å². The topological polar surface area (TPSA) is 85.3 Å². The minimum Gasteiger partial charge on any atom is -0.383 e. The van der Waals surface area contributed by atoms with Gasteiger partial charge in [-0.2, -0.15) is 0 Å². The molecule has 30 heavy (non-hydrogen) atoms. The molecule has 156 valence electrons. The number of halogens is 1. The van der Waals surface area contributed by atoms with Gasteiger partial charge in [0, 0.05) is 57.8 Å². The molecule has 1 aliphatic rings. The third-order valence-corrected chi connectivity index (χ3v) is 5.47. The standard InChI is InChI=1S/C20H22FN7O2/c1-29-9-8-28-13-24-18-19(22-12-23-20(18)28)27-6-4-26(5-7-27)11-16-15-3-2-14(21)10-17(15)30-25-16/h2-3,10,12-13H,4-9,11H2,1H3. The van der Waals surface area contributed by atoms with Crippen molar-refractivity contribution in [3.8, 4) is 0 Å². The van der Waals surface area contributed by atoms with Crippen LogP contribution in [0.5, 0.6) is 0 Å². The fourth-order valence-electron chi connectivity index (χ4n) is 3.86. The molecule has 1 aromatic carbocycles. The maximum absolute atomic E-state index is 13.4. The Labute approximate surface area is 172 Å². The molecule has 4 heterocycles. The normalized spacial score (nSPS) is 15.5. The molecule has 0 aliphatic carbocycles. The van der Waals surface area contributed by atoms with E-state index in [1.54, 1.807) is 25.8 Å². The molecule has 1 saturated heterocycles. The van der Waals surface area contributed by atoms with E-state index in [0.29, 0.717) is 25.3 Å². The zero-order valence-electron chi connectivity index (χ0n) is 16.7. The van der Waals surface area contributed by atoms with Gasteiger partial charge in [0.15, 0.2) is 22.6 Å². The molecule has 5 rings (SSSR count). The molecule has 1 fully saturated rings. The number of hydrogen-bond acceptors (Lipinski definition) is 8. The second-order valence-electron chi connectivity index (χ2n) is 7.33. The van der Waals surface area contributed by atoms with Crippen LogP contribution in [0.3, 0.4) is 0 Å². The number of nitrogens with zero attached hydrogens (tertiary/aromatic N) is 7. The summed E-state index contributed by atoms with van der Waals surface area (Å²) < 4.78 is 25.8. The third kappa shape index (κ3) is 3.48. The van der Waals surface area contributed by atoms with Crippen molar-refractivity contribution in [2.45, 2.75) is 13.1 Å². The molecule has 9 nitrogen and oxygen atoms in total. The lowest BCUT2D eigenvalue weighted by atomic mass is 10.2. The zero-order valence-corrected chi connectivity index (χ0v) is 16.7. The van der Waals surface area contributed by atoms with E-state index in [1.165, 1.54) is 12.1 Å². The smallest absolute Gasteiger partial charge is 0.170 e. The van der Waals surface area contributed by atoms with Crippen LogP contribution in [0.1, 0.15) is 5.69 Å². The number of benzene rings is 1. The lowest BCUT2D eigenvalue weighted by molar-refractivity contribution is 0.188. The molecule has 0 N–H and O–H groups in total. The van der Waals surface area contributed by atoms with Crippen LogP contribution in [0.25, 0.3) is 22.1 Å². The summed E-state index contributed by atoms with van der Waals surface area (Å²) in [7, 11) is 1.68. The van der Waals surface area contributed by atoms with E-state index in [1.807, 2.05) is 4.57 Å². The first-order chi connectivity index (χ1) is 14.7. The summed E-state index contributed by atoms with van der Waals surface area (Å²) >= 11 is 0. The van der Waals surface area contributed by atoms with Crippen molar-refractivity contribution in [1.29, 1.82) is 0 Å². The second kappa shape index (κ2) is 7.96. The maximum Gasteiger partial charge on any atom is 0.170 e. The SMILES string of the molecule is COCCn1cnc2c(N3CCN(Cc4noc5cc(F)ccc45)CC3)ncnc21. The van der Waals surface area contributed by atoms with Crippen LogP contribution in [0.2, 0.25) is 0 Å². The quantitative estimate of drug-likeness (QED) is 0.477. The van der Waals surface area contributed by atoms with Gasteiger partial charge in [0.1, 0.15) is 17.8 Å². The maximum atomic E-state index is 13.4. The summed E-state index contributed by atoms with van der Waals surface area (Å²) in [4.78, 5) is 18.0. The van der Waals surface area contributed by atoms with Gasteiger partial charge in [-0.1, -0.05) is 5.16 Å². The van der Waals surface area contributed by atoms with Crippen molar-refractivity contribution < 1.29 is 13.7 Å². The molecule has 10 heteroatoms. The van der Waals surface area contributed by atoms with Crippen molar-refractivity contribution >= 4 is 28.0 Å². The predicted octanol–water partition coefficient (Wildman–Crippen LogP) is 2.08. The number of hydrogen-bond donors (Lipinski definition) is 0. The van der Waals surface area contributed by atoms with Gasteiger partial charge in [0.2, 0.25) is 0 Å². The first kappa shape index (κ1) is 18.9. The van der Waals surface area contributed by atoms with Crippen molar-refractivity contribution in [1.82, 2.24) is 29.6 Å². The van der Waals surface area contributed by atoms with Gasteiger partial charge >= 0.3 is 0 Å². The Morgan fingerprint density at radius 3 is 2.83 bits per heavy atom. The minimum atomic E-state index is -0.320. The Bertz CT molecular complexity index is 1170. The average molecular weight is 411 g/mol. The highest BCUT2D eigenvalue weighted by molar-refractivity contribution is 5.83. The largest absolute Gasteiger partial charge is 0.383 e. The van der Waals surface area contributed by atoms with Gasteiger partial charge in [0.25, 0.3) is 0 Å². The first-order valence-corrected chi connectivity index (χ1v) is 9.89. The highest BCUT2D eigenvalue weighted by atomic mass is 19.1. The zero-order chi connectivity index (χ0) is 20.5. The summed E-state index contributed by atoms with van der Waals surface area (Å²) in [5.74, 6) is 0.540. The number of ether oxygens (including phenoxy) is 1. The molecule has 0 saturated carbocycles. The predicted molar refractivity (Wildman–Crippen MR) is 109 cm³/mol. The first-order valence-electron chi connectivity index (χ1n) is 9.89. The van der Waals surface area contributed by atoms with Crippen LogP contribution in [-0.2, 0) is 17.8 Å². The Balaban J connectivity index is 1.28. The van der Waals surface area contributed by atoms with E-state index in [2.05, 4.69) is 29.9 Å². The summed E-state index contributed by atoms with van der Waals surface area (Å²) in [5.41, 5.74) is 2.95. The van der Waals surface area contributed by atoms with E-state index in [-0.39, 0.29) is 5.82 Å². The van der Waals surface area contributed by atoms with E-state index in [0.717, 1.165) is 54.2 Å². The van der Waals surface area contributed by atoms with E-state index in [9.17, 15) is 4.39 Å². The Kier molecular flexibility index (Phi) is 5.01. The molecule has 3 aromatic heterocycles. The van der Waals surface area contributed by atoms with Crippen LogP contribution >= 0.6 is 0 Å². The fraction of sp³-hybridized carbons (Fsp3) is 0.400. The summed E-state index contributed by atoms with van der Waals surface area (Å²) in [6.45, 7) is 5.32. The second-order valence-corrected chi connectivity index (χ2v) is 7.33. The molecular formula is C20H22FN7O2. The lowest BCUT2D eigenvalue weighted by Gasteiger charge is -2.34. The molecule has 0 radical (unpaired) electrons. The van der Waals surface area contributed by atoms with Crippen molar-refractivity contribution in [2.75, 3.05) is 44.8 Å². The molecule has 0 unspecified atom stereocenters. The summed E-state index contributed by atoms with van der Waals surface area (Å²) in [6, 6.07) is 4.53. The fourth-order valence-corrected chi connectivity index (χ4v) is 3.86. The summed E-state index contributed by atoms with van der Waals surface area (Å²) in [5, 5.41) is 4.99. The number of rotatable bonds is 6. The number of fused-ring (bicyclic) bond motifs is 2. The van der Waals surface area contributed by atoms with Crippen LogP contribution in [0.15, 0.2) is 35.4 Å². The van der Waals surface area contributed by atoms with Crippen molar-refractivity contribution in [3.63, 3.8) is 0 Å². The molecule has 0 spiro atoms. The van der Waals surface area contributed by atoms with Gasteiger partial charge < -0.3 is 18.7 Å². The van der Waals surface area contributed by atoms with Gasteiger partial charge in [-0.3, -0.25) is 4.90 Å². The third-order valence-electron chi connectivity index (χ3n) is 5.47. The van der Waals surface area contributed by atoms with Crippen molar-refractivity contribution in [3.05, 3.63) is 42.4 Å². The number of anilines is 1. The molecule has 4 aromatic rings. The highest BCUT2D eigenvalue weighted by Crippen LogP contribution is 2.24. The summed E-state index contributed by atoms with van der Waals surface area (Å²) in [6.07, 6.45) is 3.38. The number of piperazine rings is 1. The van der Waals surface area contributed by atoms with Crippen molar-refractivity contribution in [2.24, 2.45) is 0 Å². The number of aromatic nitrogens is 5. The Morgan fingerprint density at radius 1 is 1.13 bits per heavy atom. The van der Waals surface area contributed by atoms with E-state index < -0.39 is 0 Å². The van der Waals surface area contributed by atoms with Crippen LogP contribution in [0, 0.1) is 5.82 Å². The monoisotopic (exact) mass is 411 g/mol.